The van der Waals surface area contributed by atoms with Crippen LogP contribution >= 0.6 is 0 Å². The number of hydrogen-bond donors (Lipinski definition) is 0. The van der Waals surface area contributed by atoms with Gasteiger partial charge in [0.1, 0.15) is 0 Å². The molecular weight excluding hydrogens is 368 g/mol. The van der Waals surface area contributed by atoms with Crippen molar-refractivity contribution in [2.24, 2.45) is 0 Å². The monoisotopic (exact) mass is 392 g/mol. The minimum Gasteiger partial charge on any atom is -0.376 e. The van der Waals surface area contributed by atoms with Gasteiger partial charge >= 0.3 is 0 Å². The number of carbonyl (C=O) groups excluding carboxylic acids is 3. The molecule has 0 aliphatic carbocycles. The molecule has 0 bridgehead atoms. The number of ether oxygens (including phenoxy) is 1. The first-order chi connectivity index (χ1) is 14.0. The highest BCUT2D eigenvalue weighted by atomic mass is 16.5. The summed E-state index contributed by atoms with van der Waals surface area (Å²) in [4.78, 5) is 41.4. The number of carbonyl (C=O) groups is 3. The lowest BCUT2D eigenvalue weighted by Gasteiger charge is -2.25. The number of amides is 3. The quantitative estimate of drug-likeness (QED) is 0.733. The lowest BCUT2D eigenvalue weighted by molar-refractivity contribution is 0.0475. The van der Waals surface area contributed by atoms with Gasteiger partial charge in [-0.2, -0.15) is 0 Å². The average Bonchev–Trinajstić information content (AvgIpc) is 3.35. The third kappa shape index (κ3) is 3.56. The predicted molar refractivity (Wildman–Crippen MR) is 108 cm³/mol. The lowest BCUT2D eigenvalue weighted by Crippen LogP contribution is -2.36. The van der Waals surface area contributed by atoms with Crippen LogP contribution in [0.3, 0.4) is 0 Å². The smallest absolute Gasteiger partial charge is 0.261 e. The molecule has 6 nitrogen and oxygen atoms in total. The van der Waals surface area contributed by atoms with Crippen LogP contribution in [0.25, 0.3) is 0 Å². The number of imide groups is 1. The zero-order chi connectivity index (χ0) is 20.5. The highest BCUT2D eigenvalue weighted by Gasteiger charge is 2.38. The molecule has 2 aliphatic heterocycles. The van der Waals surface area contributed by atoms with E-state index in [1.54, 1.807) is 30.1 Å². The Kier molecular flexibility index (Phi) is 5.20. The number of benzene rings is 2. The molecule has 6 heteroatoms. The molecule has 0 radical (unpaired) electrons. The Bertz CT molecular complexity index is 951. The molecule has 0 spiro atoms. The fourth-order valence-electron chi connectivity index (χ4n) is 3.92. The first-order valence-electron chi connectivity index (χ1n) is 9.91. The average molecular weight is 392 g/mol. The largest absolute Gasteiger partial charge is 0.376 e. The van der Waals surface area contributed by atoms with Gasteiger partial charge in [-0.3, -0.25) is 19.3 Å². The molecule has 1 saturated heterocycles. The first kappa shape index (κ1) is 19.3. The van der Waals surface area contributed by atoms with Crippen LogP contribution in [0.15, 0.2) is 48.5 Å². The Hall–Kier alpha value is -2.99. The maximum atomic E-state index is 13.0. The Balaban J connectivity index is 1.54. The molecule has 2 atom stereocenters. The highest BCUT2D eigenvalue weighted by molar-refractivity contribution is 6.22. The summed E-state index contributed by atoms with van der Waals surface area (Å²) >= 11 is 0. The molecule has 0 saturated carbocycles. The van der Waals surface area contributed by atoms with Crippen molar-refractivity contribution in [1.82, 2.24) is 9.80 Å². The van der Waals surface area contributed by atoms with Crippen LogP contribution < -0.4 is 0 Å². The van der Waals surface area contributed by atoms with Crippen molar-refractivity contribution in [2.45, 2.75) is 31.9 Å². The zero-order valence-corrected chi connectivity index (χ0v) is 16.6. The SMILES string of the molecule is CC(c1ccccc1)N(C)C(=O)c1ccc2c(c1)C(=O)N(CC1CCCO1)C2=O. The zero-order valence-electron chi connectivity index (χ0n) is 16.6. The molecule has 0 aromatic heterocycles. The minimum absolute atomic E-state index is 0.101. The normalized spacial score (nSPS) is 19.4. The maximum absolute atomic E-state index is 13.0. The Morgan fingerprint density at radius 3 is 2.55 bits per heavy atom. The predicted octanol–water partition coefficient (Wildman–Crippen LogP) is 3.29. The van der Waals surface area contributed by atoms with Gasteiger partial charge in [0.2, 0.25) is 0 Å². The Labute approximate surface area is 170 Å². The van der Waals surface area contributed by atoms with E-state index in [4.69, 9.17) is 4.74 Å². The van der Waals surface area contributed by atoms with E-state index in [2.05, 4.69) is 0 Å². The van der Waals surface area contributed by atoms with E-state index in [1.165, 1.54) is 4.90 Å². The number of hydrogen-bond acceptors (Lipinski definition) is 4. The highest BCUT2D eigenvalue weighted by Crippen LogP contribution is 2.27. The van der Waals surface area contributed by atoms with E-state index < -0.39 is 0 Å². The third-order valence-corrected chi connectivity index (χ3v) is 5.81. The molecule has 150 valence electrons. The van der Waals surface area contributed by atoms with E-state index in [-0.39, 0.29) is 36.4 Å². The Morgan fingerprint density at radius 2 is 1.86 bits per heavy atom. The molecule has 4 rings (SSSR count). The van der Waals surface area contributed by atoms with Crippen LogP contribution in [-0.4, -0.2) is 53.8 Å². The van der Waals surface area contributed by atoms with Crippen LogP contribution in [0.2, 0.25) is 0 Å². The number of fused-ring (bicyclic) bond motifs is 1. The van der Waals surface area contributed by atoms with Gasteiger partial charge in [0.05, 0.1) is 29.8 Å². The topological polar surface area (TPSA) is 66.9 Å². The lowest BCUT2D eigenvalue weighted by atomic mass is 10.0. The van der Waals surface area contributed by atoms with Crippen molar-refractivity contribution in [3.63, 3.8) is 0 Å². The minimum atomic E-state index is -0.353. The third-order valence-electron chi connectivity index (χ3n) is 5.81. The van der Waals surface area contributed by atoms with Crippen LogP contribution in [0.4, 0.5) is 0 Å². The molecule has 1 fully saturated rings. The van der Waals surface area contributed by atoms with Gasteiger partial charge < -0.3 is 9.64 Å². The first-order valence-corrected chi connectivity index (χ1v) is 9.91. The van der Waals surface area contributed by atoms with Crippen molar-refractivity contribution >= 4 is 17.7 Å². The number of rotatable bonds is 5. The van der Waals surface area contributed by atoms with Crippen molar-refractivity contribution in [1.29, 1.82) is 0 Å². The molecule has 2 aromatic carbocycles. The molecular formula is C23H24N2O4. The van der Waals surface area contributed by atoms with Gasteiger partial charge in [-0.05, 0) is 43.5 Å². The summed E-state index contributed by atoms with van der Waals surface area (Å²) in [5, 5.41) is 0. The second kappa shape index (κ2) is 7.79. The summed E-state index contributed by atoms with van der Waals surface area (Å²) in [6.45, 7) is 2.89. The molecule has 3 amide bonds. The molecule has 2 aliphatic rings. The van der Waals surface area contributed by atoms with Gasteiger partial charge in [0.15, 0.2) is 0 Å². The molecule has 29 heavy (non-hydrogen) atoms. The van der Waals surface area contributed by atoms with E-state index >= 15 is 0 Å². The molecule has 2 aromatic rings. The van der Waals surface area contributed by atoms with Gasteiger partial charge in [0, 0.05) is 19.2 Å². The van der Waals surface area contributed by atoms with E-state index in [1.807, 2.05) is 37.3 Å². The summed E-state index contributed by atoms with van der Waals surface area (Å²) in [7, 11) is 1.74. The standard InChI is InChI=1S/C23H24N2O4/c1-15(16-7-4-3-5-8-16)24(2)21(26)17-10-11-19-20(13-17)23(28)25(22(19)27)14-18-9-6-12-29-18/h3-5,7-8,10-11,13,15,18H,6,9,12,14H2,1-2H3. The van der Waals surface area contributed by atoms with E-state index in [0.717, 1.165) is 18.4 Å². The summed E-state index contributed by atoms with van der Waals surface area (Å²) in [5.74, 6) is -0.860. The van der Waals surface area contributed by atoms with Crippen LogP contribution in [-0.2, 0) is 4.74 Å². The van der Waals surface area contributed by atoms with Crippen molar-refractivity contribution in [3.05, 3.63) is 70.8 Å². The number of nitrogens with zero attached hydrogens (tertiary/aromatic N) is 2. The van der Waals surface area contributed by atoms with Crippen molar-refractivity contribution in [2.75, 3.05) is 20.2 Å². The summed E-state index contributed by atoms with van der Waals surface area (Å²) < 4.78 is 5.57. The molecule has 0 N–H and O–H groups in total. The summed E-state index contributed by atoms with van der Waals surface area (Å²) in [6.07, 6.45) is 1.69. The molecule has 2 heterocycles. The van der Waals surface area contributed by atoms with Crippen LogP contribution in [0.5, 0.6) is 0 Å². The van der Waals surface area contributed by atoms with Crippen LogP contribution in [0, 0.1) is 0 Å². The van der Waals surface area contributed by atoms with E-state index in [0.29, 0.717) is 23.3 Å². The van der Waals surface area contributed by atoms with Gasteiger partial charge in [-0.15, -0.1) is 0 Å². The van der Waals surface area contributed by atoms with Crippen molar-refractivity contribution in [3.8, 4) is 0 Å². The molecule has 2 unspecified atom stereocenters. The second-order valence-electron chi connectivity index (χ2n) is 7.62. The Morgan fingerprint density at radius 1 is 1.14 bits per heavy atom. The van der Waals surface area contributed by atoms with Crippen molar-refractivity contribution < 1.29 is 19.1 Å². The van der Waals surface area contributed by atoms with Gasteiger partial charge in [-0.1, -0.05) is 30.3 Å². The summed E-state index contributed by atoms with van der Waals surface area (Å²) in [6, 6.07) is 14.4. The van der Waals surface area contributed by atoms with Gasteiger partial charge in [-0.25, -0.2) is 0 Å². The maximum Gasteiger partial charge on any atom is 0.261 e. The fourth-order valence-corrected chi connectivity index (χ4v) is 3.92. The van der Waals surface area contributed by atoms with Crippen LogP contribution in [0.1, 0.15) is 62.4 Å². The summed E-state index contributed by atoms with van der Waals surface area (Å²) in [5.41, 5.74) is 2.07. The van der Waals surface area contributed by atoms with Gasteiger partial charge in [0.25, 0.3) is 17.7 Å². The fraction of sp³-hybridized carbons (Fsp3) is 0.348. The van der Waals surface area contributed by atoms with E-state index in [9.17, 15) is 14.4 Å². The second-order valence-corrected chi connectivity index (χ2v) is 7.62.